The number of ketones is 1. The molecule has 16 heavy (non-hydrogen) atoms. The summed E-state index contributed by atoms with van der Waals surface area (Å²) in [5, 5.41) is 0. The summed E-state index contributed by atoms with van der Waals surface area (Å²) >= 11 is 0. The van der Waals surface area contributed by atoms with Gasteiger partial charge in [0.1, 0.15) is 11.5 Å². The zero-order chi connectivity index (χ0) is 11.4. The van der Waals surface area contributed by atoms with Gasteiger partial charge in [-0.3, -0.25) is 4.79 Å². The molecule has 0 saturated carbocycles. The van der Waals surface area contributed by atoms with Gasteiger partial charge in [-0.15, -0.1) is 0 Å². The lowest BCUT2D eigenvalue weighted by Crippen LogP contribution is -1.95. The molecule has 0 radical (unpaired) electrons. The van der Waals surface area contributed by atoms with Crippen LogP contribution in [0.5, 0.6) is 0 Å². The van der Waals surface area contributed by atoms with Gasteiger partial charge in [0.15, 0.2) is 5.78 Å². The molecule has 3 nitrogen and oxygen atoms in total. The van der Waals surface area contributed by atoms with E-state index in [9.17, 15) is 4.79 Å². The lowest BCUT2D eigenvalue weighted by Gasteiger charge is -1.98. The highest BCUT2D eigenvalue weighted by atomic mass is 16.1. The Labute approximate surface area is 94.5 Å². The number of aromatic nitrogens is 2. The summed E-state index contributed by atoms with van der Waals surface area (Å²) in [5.74, 6) is 0.896. The molecule has 0 aliphatic rings. The number of aryl methyl sites for hydroxylation is 2. The van der Waals surface area contributed by atoms with Crippen molar-refractivity contribution in [2.75, 3.05) is 0 Å². The smallest absolute Gasteiger partial charge is 0.177 e. The van der Waals surface area contributed by atoms with Gasteiger partial charge < -0.3 is 4.98 Å². The average Bonchev–Trinajstić information content (AvgIpc) is 2.76. The number of hydrogen-bond acceptors (Lipinski definition) is 2. The molecule has 3 heteroatoms. The molecule has 0 aliphatic heterocycles. The fourth-order valence-electron chi connectivity index (χ4n) is 1.58. The predicted molar refractivity (Wildman–Crippen MR) is 62.4 cm³/mol. The van der Waals surface area contributed by atoms with Crippen LogP contribution in [0.2, 0.25) is 0 Å². The Morgan fingerprint density at radius 3 is 2.62 bits per heavy atom. The van der Waals surface area contributed by atoms with Gasteiger partial charge in [-0.2, -0.15) is 0 Å². The first-order valence-corrected chi connectivity index (χ1v) is 5.34. The maximum Gasteiger partial charge on any atom is 0.177 e. The number of benzene rings is 1. The summed E-state index contributed by atoms with van der Waals surface area (Å²) < 4.78 is 0. The van der Waals surface area contributed by atoms with E-state index in [0.717, 1.165) is 18.7 Å². The predicted octanol–water partition coefficient (Wildman–Crippen LogP) is 2.40. The number of hydrogen-bond donors (Lipinski definition) is 1. The summed E-state index contributed by atoms with van der Waals surface area (Å²) in [4.78, 5) is 18.3. The number of H-pyrrole nitrogens is 1. The van der Waals surface area contributed by atoms with Crippen molar-refractivity contribution in [2.24, 2.45) is 0 Å². The Bertz CT molecular complexity index is 474. The fraction of sp³-hybridized carbons (Fsp3) is 0.231. The highest BCUT2D eigenvalue weighted by molar-refractivity contribution is 5.91. The van der Waals surface area contributed by atoms with Crippen LogP contribution in [-0.2, 0) is 12.8 Å². The van der Waals surface area contributed by atoms with Crippen LogP contribution in [0, 0.1) is 0 Å². The second-order valence-corrected chi connectivity index (χ2v) is 3.79. The maximum absolute atomic E-state index is 11.1. The number of nitrogens with one attached hydrogen (secondary N) is 1. The van der Waals surface area contributed by atoms with Crippen LogP contribution in [0.25, 0.3) is 0 Å². The van der Waals surface area contributed by atoms with Crippen molar-refractivity contribution in [1.82, 2.24) is 9.97 Å². The monoisotopic (exact) mass is 214 g/mol. The third kappa shape index (κ3) is 2.57. The number of rotatable bonds is 4. The highest BCUT2D eigenvalue weighted by Gasteiger charge is 2.04. The molecule has 0 aliphatic carbocycles. The van der Waals surface area contributed by atoms with Gasteiger partial charge in [-0.25, -0.2) is 4.98 Å². The molecule has 0 amide bonds. The molecule has 82 valence electrons. The van der Waals surface area contributed by atoms with Gasteiger partial charge in [0.25, 0.3) is 0 Å². The van der Waals surface area contributed by atoms with E-state index in [1.54, 1.807) is 6.20 Å². The van der Waals surface area contributed by atoms with Crippen LogP contribution in [0.4, 0.5) is 0 Å². The second-order valence-electron chi connectivity index (χ2n) is 3.79. The van der Waals surface area contributed by atoms with E-state index in [0.29, 0.717) is 5.69 Å². The Hall–Kier alpha value is -1.90. The summed E-state index contributed by atoms with van der Waals surface area (Å²) in [7, 11) is 0. The van der Waals surface area contributed by atoms with E-state index in [1.165, 1.54) is 12.5 Å². The van der Waals surface area contributed by atoms with Gasteiger partial charge in [0, 0.05) is 13.3 Å². The first-order valence-electron chi connectivity index (χ1n) is 5.34. The summed E-state index contributed by atoms with van der Waals surface area (Å²) in [6.45, 7) is 1.54. The van der Waals surface area contributed by atoms with E-state index >= 15 is 0 Å². The highest BCUT2D eigenvalue weighted by Crippen LogP contribution is 2.05. The largest absolute Gasteiger partial charge is 0.340 e. The van der Waals surface area contributed by atoms with E-state index in [2.05, 4.69) is 22.1 Å². The molecule has 1 aromatic carbocycles. The quantitative estimate of drug-likeness (QED) is 0.794. The molecule has 0 spiro atoms. The molecule has 2 aromatic rings. The molecule has 1 heterocycles. The van der Waals surface area contributed by atoms with Crippen molar-refractivity contribution in [3.05, 3.63) is 53.6 Å². The number of nitrogens with zero attached hydrogens (tertiary/aromatic N) is 1. The normalized spacial score (nSPS) is 10.3. The lowest BCUT2D eigenvalue weighted by atomic mass is 10.1. The second kappa shape index (κ2) is 4.75. The van der Waals surface area contributed by atoms with E-state index in [1.807, 2.05) is 18.2 Å². The number of imidazole rings is 1. The summed E-state index contributed by atoms with van der Waals surface area (Å²) in [6.07, 6.45) is 3.37. The van der Waals surface area contributed by atoms with E-state index in [-0.39, 0.29) is 5.78 Å². The van der Waals surface area contributed by atoms with Gasteiger partial charge in [-0.05, 0) is 12.0 Å². The standard InChI is InChI=1S/C13H14N2O/c1-10(16)12-9-14-13(15-12)8-7-11-5-3-2-4-6-11/h2-6,9H,7-8H2,1H3,(H,14,15). The Balaban J connectivity index is 1.97. The van der Waals surface area contributed by atoms with E-state index < -0.39 is 0 Å². The molecule has 2 rings (SSSR count). The molecule has 0 unspecified atom stereocenters. The zero-order valence-corrected chi connectivity index (χ0v) is 9.23. The van der Waals surface area contributed by atoms with Crippen molar-refractivity contribution in [3.8, 4) is 0 Å². The molecule has 0 atom stereocenters. The minimum Gasteiger partial charge on any atom is -0.340 e. The molecule has 1 N–H and O–H groups in total. The third-order valence-corrected chi connectivity index (χ3v) is 2.50. The van der Waals surface area contributed by atoms with Crippen LogP contribution in [0.1, 0.15) is 28.8 Å². The van der Waals surface area contributed by atoms with Crippen molar-refractivity contribution < 1.29 is 4.79 Å². The Kier molecular flexibility index (Phi) is 3.15. The zero-order valence-electron chi connectivity index (χ0n) is 9.23. The first-order chi connectivity index (χ1) is 7.75. The minimum atomic E-state index is 0.0264. The maximum atomic E-state index is 11.1. The van der Waals surface area contributed by atoms with Crippen LogP contribution in [0.3, 0.4) is 0 Å². The van der Waals surface area contributed by atoms with Crippen LogP contribution < -0.4 is 0 Å². The van der Waals surface area contributed by atoms with Crippen molar-refractivity contribution in [3.63, 3.8) is 0 Å². The van der Waals surface area contributed by atoms with Crippen molar-refractivity contribution in [2.45, 2.75) is 19.8 Å². The van der Waals surface area contributed by atoms with Crippen LogP contribution >= 0.6 is 0 Å². The Morgan fingerprint density at radius 2 is 2.00 bits per heavy atom. The Morgan fingerprint density at radius 1 is 1.25 bits per heavy atom. The lowest BCUT2D eigenvalue weighted by molar-refractivity contribution is 0.101. The van der Waals surface area contributed by atoms with E-state index in [4.69, 9.17) is 0 Å². The average molecular weight is 214 g/mol. The molecule has 0 bridgehead atoms. The minimum absolute atomic E-state index is 0.0264. The van der Waals surface area contributed by atoms with Crippen LogP contribution in [-0.4, -0.2) is 15.8 Å². The third-order valence-electron chi connectivity index (χ3n) is 2.50. The molecule has 0 saturated heterocycles. The number of carbonyl (C=O) groups is 1. The van der Waals surface area contributed by atoms with Gasteiger partial charge in [0.05, 0.1) is 6.20 Å². The van der Waals surface area contributed by atoms with Crippen molar-refractivity contribution in [1.29, 1.82) is 0 Å². The molecule has 1 aromatic heterocycles. The molecular weight excluding hydrogens is 200 g/mol. The molecular formula is C13H14N2O. The summed E-state index contributed by atoms with van der Waals surface area (Å²) in [6, 6.07) is 10.2. The fourth-order valence-corrected chi connectivity index (χ4v) is 1.58. The van der Waals surface area contributed by atoms with Gasteiger partial charge in [-0.1, -0.05) is 30.3 Å². The number of aromatic amines is 1. The number of Topliss-reactive ketones (excluding diaryl/α,β-unsaturated/α-hetero) is 1. The van der Waals surface area contributed by atoms with Gasteiger partial charge >= 0.3 is 0 Å². The topological polar surface area (TPSA) is 45.8 Å². The molecule has 0 fully saturated rings. The number of carbonyl (C=O) groups excluding carboxylic acids is 1. The van der Waals surface area contributed by atoms with Crippen LogP contribution in [0.15, 0.2) is 36.5 Å². The van der Waals surface area contributed by atoms with Gasteiger partial charge in [0.2, 0.25) is 0 Å². The summed E-state index contributed by atoms with van der Waals surface area (Å²) in [5.41, 5.74) is 1.87. The SMILES string of the molecule is CC(=O)c1cnc(CCc2ccccc2)[nH]1. The van der Waals surface area contributed by atoms with Crippen molar-refractivity contribution >= 4 is 5.78 Å². The first kappa shape index (κ1) is 10.6.